The van der Waals surface area contributed by atoms with Gasteiger partial charge >= 0.3 is 0 Å². The Morgan fingerprint density at radius 2 is 1.73 bits per heavy atom. The van der Waals surface area contributed by atoms with Crippen molar-refractivity contribution in [3.8, 4) is 11.5 Å². The van der Waals surface area contributed by atoms with E-state index in [0.29, 0.717) is 30.2 Å². The monoisotopic (exact) mass is 360 g/mol. The van der Waals surface area contributed by atoms with Crippen LogP contribution >= 0.6 is 0 Å². The molecule has 2 aliphatic heterocycles. The molecule has 1 saturated heterocycles. The maximum Gasteiger partial charge on any atom is 0.254 e. The van der Waals surface area contributed by atoms with E-state index in [-0.39, 0.29) is 36.6 Å². The van der Waals surface area contributed by atoms with Gasteiger partial charge in [0, 0.05) is 30.7 Å². The zero-order valence-electron chi connectivity index (χ0n) is 16.0. The Bertz CT molecular complexity index is 674. The number of fused-ring (bicyclic) bond motifs is 1. The number of rotatable bonds is 6. The average Bonchev–Trinajstić information content (AvgIpc) is 3.07. The second kappa shape index (κ2) is 7.56. The number of hydrogen-bond acceptors (Lipinski definition) is 4. The lowest BCUT2D eigenvalue weighted by atomic mass is 9.95. The lowest BCUT2D eigenvalue weighted by Crippen LogP contribution is -2.59. The minimum atomic E-state index is -0.101. The molecule has 0 spiro atoms. The maximum absolute atomic E-state index is 12.9. The number of amides is 2. The summed E-state index contributed by atoms with van der Waals surface area (Å²) in [6, 6.07) is 5.65. The van der Waals surface area contributed by atoms with Crippen molar-refractivity contribution in [3.05, 3.63) is 23.8 Å². The van der Waals surface area contributed by atoms with Crippen LogP contribution in [0.1, 0.15) is 50.9 Å². The van der Waals surface area contributed by atoms with Gasteiger partial charge in [-0.15, -0.1) is 0 Å². The second-order valence-corrected chi connectivity index (χ2v) is 7.24. The Morgan fingerprint density at radius 3 is 2.35 bits per heavy atom. The normalized spacial score (nSPS) is 18.2. The van der Waals surface area contributed by atoms with Gasteiger partial charge in [-0.1, -0.05) is 13.8 Å². The Kier molecular flexibility index (Phi) is 5.39. The third kappa shape index (κ3) is 3.37. The van der Waals surface area contributed by atoms with E-state index in [9.17, 15) is 9.59 Å². The molecule has 0 saturated carbocycles. The molecule has 1 aromatic rings. The Morgan fingerprint density at radius 1 is 1.12 bits per heavy atom. The molecule has 0 bridgehead atoms. The van der Waals surface area contributed by atoms with E-state index in [2.05, 4.69) is 27.7 Å². The lowest BCUT2D eigenvalue weighted by Gasteiger charge is -2.43. The Hall–Kier alpha value is -2.24. The highest BCUT2D eigenvalue weighted by atomic mass is 16.7. The summed E-state index contributed by atoms with van der Waals surface area (Å²) in [4.78, 5) is 29.3. The van der Waals surface area contributed by atoms with Gasteiger partial charge in [0.2, 0.25) is 12.7 Å². The van der Waals surface area contributed by atoms with Crippen LogP contribution in [0.15, 0.2) is 18.2 Å². The minimum absolute atomic E-state index is 0.0639. The number of carbonyl (C=O) groups excluding carboxylic acids is 2. The maximum atomic E-state index is 12.9. The van der Waals surface area contributed by atoms with Crippen molar-refractivity contribution in [2.75, 3.05) is 19.9 Å². The summed E-state index contributed by atoms with van der Waals surface area (Å²) in [6.07, 6.45) is 1.87. The first-order valence-electron chi connectivity index (χ1n) is 9.47. The van der Waals surface area contributed by atoms with Crippen LogP contribution in [0.5, 0.6) is 11.5 Å². The van der Waals surface area contributed by atoms with Crippen LogP contribution in [0.25, 0.3) is 0 Å². The minimum Gasteiger partial charge on any atom is -0.454 e. The van der Waals surface area contributed by atoms with Crippen molar-refractivity contribution >= 4 is 11.8 Å². The molecule has 0 N–H and O–H groups in total. The molecule has 6 heteroatoms. The molecule has 2 atom stereocenters. The van der Waals surface area contributed by atoms with Crippen LogP contribution in [0, 0.1) is 5.92 Å². The van der Waals surface area contributed by atoms with Gasteiger partial charge < -0.3 is 19.3 Å². The van der Waals surface area contributed by atoms with Gasteiger partial charge in [0.1, 0.15) is 0 Å². The molecule has 0 aliphatic carbocycles. The van der Waals surface area contributed by atoms with Crippen molar-refractivity contribution < 1.29 is 19.1 Å². The fraction of sp³-hybridized carbons (Fsp3) is 0.600. The zero-order valence-corrected chi connectivity index (χ0v) is 16.0. The van der Waals surface area contributed by atoms with Crippen molar-refractivity contribution in [1.82, 2.24) is 9.80 Å². The predicted molar refractivity (Wildman–Crippen MR) is 98.3 cm³/mol. The average molecular weight is 360 g/mol. The molecule has 2 amide bonds. The second-order valence-electron chi connectivity index (χ2n) is 7.24. The lowest BCUT2D eigenvalue weighted by molar-refractivity contribution is -0.144. The van der Waals surface area contributed by atoms with Gasteiger partial charge in [0.05, 0.1) is 5.92 Å². The largest absolute Gasteiger partial charge is 0.454 e. The fourth-order valence-electron chi connectivity index (χ4n) is 3.49. The Balaban J connectivity index is 1.62. The van der Waals surface area contributed by atoms with Crippen LogP contribution in [-0.4, -0.2) is 53.6 Å². The van der Waals surface area contributed by atoms with Gasteiger partial charge in [-0.05, 0) is 44.9 Å². The summed E-state index contributed by atoms with van der Waals surface area (Å²) in [7, 11) is 0. The molecule has 26 heavy (non-hydrogen) atoms. The molecular weight excluding hydrogens is 332 g/mol. The third-order valence-corrected chi connectivity index (χ3v) is 5.52. The smallest absolute Gasteiger partial charge is 0.254 e. The van der Waals surface area contributed by atoms with Gasteiger partial charge in [-0.25, -0.2) is 0 Å². The quantitative estimate of drug-likeness (QED) is 0.783. The highest BCUT2D eigenvalue weighted by Crippen LogP contribution is 2.33. The van der Waals surface area contributed by atoms with Gasteiger partial charge in [-0.2, -0.15) is 0 Å². The molecule has 1 fully saturated rings. The molecule has 2 aliphatic rings. The standard InChI is InChI=1S/C20H28N2O4/c1-5-13(3)22(14(4)6-2)20(24)16-10-21(11-16)19(23)15-7-8-17-18(9-15)26-12-25-17/h7-9,13-14,16H,5-6,10-12H2,1-4H3. The van der Waals surface area contributed by atoms with E-state index >= 15 is 0 Å². The molecule has 3 rings (SSSR count). The van der Waals surface area contributed by atoms with Crippen LogP contribution in [0.2, 0.25) is 0 Å². The third-order valence-electron chi connectivity index (χ3n) is 5.52. The SMILES string of the molecule is CCC(C)N(C(=O)C1CN(C(=O)c2ccc3c(c2)OCO3)C1)C(C)CC. The van der Waals surface area contributed by atoms with E-state index in [1.165, 1.54) is 0 Å². The number of hydrogen-bond donors (Lipinski definition) is 0. The molecule has 0 radical (unpaired) electrons. The molecular formula is C20H28N2O4. The van der Waals surface area contributed by atoms with E-state index in [1.54, 1.807) is 23.1 Å². The van der Waals surface area contributed by atoms with Crippen molar-refractivity contribution in [2.24, 2.45) is 5.92 Å². The van der Waals surface area contributed by atoms with Crippen LogP contribution in [0.4, 0.5) is 0 Å². The first-order chi connectivity index (χ1) is 12.5. The first-order valence-corrected chi connectivity index (χ1v) is 9.47. The number of ether oxygens (including phenoxy) is 2. The molecule has 0 aromatic heterocycles. The van der Waals surface area contributed by atoms with E-state index in [0.717, 1.165) is 12.8 Å². The summed E-state index contributed by atoms with van der Waals surface area (Å²) in [5.74, 6) is 1.27. The summed E-state index contributed by atoms with van der Waals surface area (Å²) in [6.45, 7) is 9.54. The topological polar surface area (TPSA) is 59.1 Å². The molecule has 2 unspecified atom stereocenters. The highest BCUT2D eigenvalue weighted by molar-refractivity contribution is 5.96. The Labute approximate surface area is 155 Å². The fourth-order valence-corrected chi connectivity index (χ4v) is 3.49. The summed E-state index contributed by atoms with van der Waals surface area (Å²) in [5, 5.41) is 0. The zero-order chi connectivity index (χ0) is 18.8. The summed E-state index contributed by atoms with van der Waals surface area (Å²) < 4.78 is 10.6. The highest BCUT2D eigenvalue weighted by Gasteiger charge is 2.40. The first kappa shape index (κ1) is 18.5. The number of benzene rings is 1. The van der Waals surface area contributed by atoms with Crippen LogP contribution in [-0.2, 0) is 4.79 Å². The van der Waals surface area contributed by atoms with Crippen molar-refractivity contribution in [3.63, 3.8) is 0 Å². The van der Waals surface area contributed by atoms with Crippen LogP contribution < -0.4 is 9.47 Å². The predicted octanol–water partition coefficient (Wildman–Crippen LogP) is 2.91. The molecule has 2 heterocycles. The van der Waals surface area contributed by atoms with Gasteiger partial charge in [0.25, 0.3) is 5.91 Å². The van der Waals surface area contributed by atoms with Crippen LogP contribution in [0.3, 0.4) is 0 Å². The van der Waals surface area contributed by atoms with Gasteiger partial charge in [0.15, 0.2) is 11.5 Å². The van der Waals surface area contributed by atoms with E-state index in [4.69, 9.17) is 9.47 Å². The van der Waals surface area contributed by atoms with E-state index in [1.807, 2.05) is 4.90 Å². The molecule has 1 aromatic carbocycles. The van der Waals surface area contributed by atoms with Crippen molar-refractivity contribution in [2.45, 2.75) is 52.6 Å². The van der Waals surface area contributed by atoms with Crippen molar-refractivity contribution in [1.29, 1.82) is 0 Å². The molecule has 6 nitrogen and oxygen atoms in total. The summed E-state index contributed by atoms with van der Waals surface area (Å²) in [5.41, 5.74) is 0.570. The number of likely N-dealkylation sites (tertiary alicyclic amines) is 1. The van der Waals surface area contributed by atoms with E-state index < -0.39 is 0 Å². The van der Waals surface area contributed by atoms with Gasteiger partial charge in [-0.3, -0.25) is 9.59 Å². The number of carbonyl (C=O) groups is 2. The summed E-state index contributed by atoms with van der Waals surface area (Å²) >= 11 is 0. The number of nitrogens with zero attached hydrogens (tertiary/aromatic N) is 2. The molecule has 142 valence electrons.